The van der Waals surface area contributed by atoms with Crippen molar-refractivity contribution in [2.24, 2.45) is 0 Å². The van der Waals surface area contributed by atoms with Crippen molar-refractivity contribution in [1.29, 1.82) is 0 Å². The van der Waals surface area contributed by atoms with Gasteiger partial charge in [-0.05, 0) is 44.0 Å². The van der Waals surface area contributed by atoms with Crippen molar-refractivity contribution in [2.45, 2.75) is 31.7 Å². The zero-order valence-corrected chi connectivity index (χ0v) is 14.2. The van der Waals surface area contributed by atoms with Gasteiger partial charge in [-0.15, -0.1) is 0 Å². The molecule has 4 rings (SSSR count). The second-order valence-electron chi connectivity index (χ2n) is 6.12. The number of hydrogen-bond acceptors (Lipinski definition) is 3. The van der Waals surface area contributed by atoms with Crippen LogP contribution in [-0.2, 0) is 23.0 Å². The Hall–Kier alpha value is -2.19. The number of hydrogen-bond donors (Lipinski definition) is 2. The van der Waals surface area contributed by atoms with Crippen LogP contribution in [0.2, 0.25) is 0 Å². The van der Waals surface area contributed by atoms with Crippen molar-refractivity contribution >= 4 is 20.9 Å². The number of benzene rings is 1. The van der Waals surface area contributed by atoms with Crippen molar-refractivity contribution in [2.75, 3.05) is 6.54 Å². The molecule has 2 N–H and O–H groups in total. The molecule has 0 unspecified atom stereocenters. The minimum atomic E-state index is -3.62. The summed E-state index contributed by atoms with van der Waals surface area (Å²) < 4.78 is 40.9. The molecule has 3 aromatic rings. The Labute approximate surface area is 138 Å². The second-order valence-corrected chi connectivity index (χ2v) is 8.00. The second kappa shape index (κ2) is 5.15. The third-order valence-corrected chi connectivity index (χ3v) is 6.67. The maximum atomic E-state index is 13.5. The molecule has 2 aromatic heterocycles. The summed E-state index contributed by atoms with van der Waals surface area (Å²) in [7, 11) is -3.62. The Bertz CT molecular complexity index is 1030. The number of aryl methyl sites for hydroxylation is 2. The number of sulfonamides is 1. The van der Waals surface area contributed by atoms with Gasteiger partial charge in [-0.25, -0.2) is 12.8 Å². The van der Waals surface area contributed by atoms with Gasteiger partial charge in [0.15, 0.2) is 0 Å². The van der Waals surface area contributed by atoms with Gasteiger partial charge in [0, 0.05) is 23.1 Å². The van der Waals surface area contributed by atoms with E-state index in [1.165, 1.54) is 16.4 Å². The van der Waals surface area contributed by atoms with Crippen molar-refractivity contribution in [3.8, 4) is 0 Å². The highest BCUT2D eigenvalue weighted by Gasteiger charge is 2.33. The lowest BCUT2D eigenvalue weighted by Gasteiger charge is -2.26. The monoisotopic (exact) mass is 348 g/mol. The highest BCUT2D eigenvalue weighted by molar-refractivity contribution is 7.89. The summed E-state index contributed by atoms with van der Waals surface area (Å²) in [5.74, 6) is -0.288. The highest BCUT2D eigenvalue weighted by Crippen LogP contribution is 2.31. The first-order valence-corrected chi connectivity index (χ1v) is 9.12. The van der Waals surface area contributed by atoms with Gasteiger partial charge in [0.1, 0.15) is 10.7 Å². The molecule has 24 heavy (non-hydrogen) atoms. The van der Waals surface area contributed by atoms with Gasteiger partial charge >= 0.3 is 0 Å². The molecular weight excluding hydrogens is 331 g/mol. The molecule has 0 atom stereocenters. The topological polar surface area (TPSA) is 81.8 Å². The minimum Gasteiger partial charge on any atom is -0.357 e. The molecule has 3 heterocycles. The molecule has 1 aliphatic rings. The van der Waals surface area contributed by atoms with E-state index in [0.717, 1.165) is 22.2 Å². The summed E-state index contributed by atoms with van der Waals surface area (Å²) in [6.45, 7) is 3.99. The number of fused-ring (bicyclic) bond motifs is 3. The molecule has 0 amide bonds. The summed E-state index contributed by atoms with van der Waals surface area (Å²) in [5, 5.41) is 7.54. The lowest BCUT2D eigenvalue weighted by Crippen LogP contribution is -2.36. The van der Waals surface area contributed by atoms with Crippen LogP contribution < -0.4 is 0 Å². The molecule has 1 aromatic carbocycles. The van der Waals surface area contributed by atoms with Crippen LogP contribution in [0.3, 0.4) is 0 Å². The van der Waals surface area contributed by atoms with Gasteiger partial charge in [0.2, 0.25) is 10.0 Å². The van der Waals surface area contributed by atoms with Gasteiger partial charge in [0.25, 0.3) is 0 Å². The summed E-state index contributed by atoms with van der Waals surface area (Å²) in [4.78, 5) is 3.47. The van der Waals surface area contributed by atoms with E-state index in [2.05, 4.69) is 15.2 Å². The smallest absolute Gasteiger partial charge is 0.247 e. The van der Waals surface area contributed by atoms with Crippen LogP contribution in [0.4, 0.5) is 4.39 Å². The molecule has 1 aliphatic heterocycles. The molecule has 0 spiro atoms. The molecule has 0 saturated carbocycles. The first-order chi connectivity index (χ1) is 11.4. The van der Waals surface area contributed by atoms with E-state index in [9.17, 15) is 12.8 Å². The molecule has 8 heteroatoms. The zero-order valence-electron chi connectivity index (χ0n) is 13.4. The Balaban J connectivity index is 1.76. The first-order valence-electron chi connectivity index (χ1n) is 7.68. The lowest BCUT2D eigenvalue weighted by atomic mass is 10.0. The number of aromatic amines is 2. The average molecular weight is 348 g/mol. The molecule has 126 valence electrons. The molecule has 0 aliphatic carbocycles. The molecule has 0 bridgehead atoms. The fraction of sp³-hybridized carbons (Fsp3) is 0.312. The normalized spacial score (nSPS) is 15.8. The molecule has 6 nitrogen and oxygen atoms in total. The Morgan fingerprint density at radius 3 is 2.79 bits per heavy atom. The van der Waals surface area contributed by atoms with Crippen LogP contribution in [0.15, 0.2) is 23.1 Å². The molecular formula is C16H17FN4O2S. The van der Waals surface area contributed by atoms with Crippen molar-refractivity contribution in [3.05, 3.63) is 46.7 Å². The third kappa shape index (κ3) is 2.17. The van der Waals surface area contributed by atoms with E-state index < -0.39 is 10.0 Å². The highest BCUT2D eigenvalue weighted by atomic mass is 32.2. The fourth-order valence-corrected chi connectivity index (χ4v) is 5.18. The van der Waals surface area contributed by atoms with Crippen LogP contribution in [-0.4, -0.2) is 34.4 Å². The number of H-pyrrole nitrogens is 2. The van der Waals surface area contributed by atoms with E-state index in [1.807, 2.05) is 0 Å². The van der Waals surface area contributed by atoms with E-state index in [1.54, 1.807) is 19.9 Å². The SMILES string of the molecule is Cc1n[nH]c(C)c1S(=O)(=O)N1CCc2c([nH]c3ccc(F)cc23)C1. The fourth-order valence-electron chi connectivity index (χ4n) is 3.44. The number of nitrogens with one attached hydrogen (secondary N) is 2. The Kier molecular flexibility index (Phi) is 3.29. The van der Waals surface area contributed by atoms with Gasteiger partial charge in [-0.3, -0.25) is 5.10 Å². The summed E-state index contributed by atoms with van der Waals surface area (Å²) in [6.07, 6.45) is 0.550. The van der Waals surface area contributed by atoms with Crippen molar-refractivity contribution in [1.82, 2.24) is 19.5 Å². The lowest BCUT2D eigenvalue weighted by molar-refractivity contribution is 0.388. The average Bonchev–Trinajstić information content (AvgIpc) is 3.06. The number of halogens is 1. The van der Waals surface area contributed by atoms with Crippen LogP contribution >= 0.6 is 0 Å². The van der Waals surface area contributed by atoms with E-state index in [4.69, 9.17) is 0 Å². The van der Waals surface area contributed by atoms with E-state index in [-0.39, 0.29) is 17.3 Å². The predicted octanol–water partition coefficient (Wildman–Crippen LogP) is 2.39. The van der Waals surface area contributed by atoms with Gasteiger partial charge in [0.05, 0.1) is 17.9 Å². The van der Waals surface area contributed by atoms with Gasteiger partial charge < -0.3 is 4.98 Å². The maximum Gasteiger partial charge on any atom is 0.247 e. The van der Waals surface area contributed by atoms with Crippen LogP contribution in [0.5, 0.6) is 0 Å². The largest absolute Gasteiger partial charge is 0.357 e. The predicted molar refractivity (Wildman–Crippen MR) is 87.6 cm³/mol. The van der Waals surface area contributed by atoms with E-state index >= 15 is 0 Å². The third-order valence-electron chi connectivity index (χ3n) is 4.56. The van der Waals surface area contributed by atoms with Crippen molar-refractivity contribution < 1.29 is 12.8 Å². The number of rotatable bonds is 2. The molecule has 0 radical (unpaired) electrons. The zero-order chi connectivity index (χ0) is 17.1. The van der Waals surface area contributed by atoms with E-state index in [0.29, 0.717) is 24.4 Å². The van der Waals surface area contributed by atoms with Crippen LogP contribution in [0.25, 0.3) is 10.9 Å². The summed E-state index contributed by atoms with van der Waals surface area (Å²) in [6, 6.07) is 4.59. The quantitative estimate of drug-likeness (QED) is 0.746. The van der Waals surface area contributed by atoms with Crippen LogP contribution in [0, 0.1) is 19.7 Å². The summed E-state index contributed by atoms with van der Waals surface area (Å²) >= 11 is 0. The first kappa shape index (κ1) is 15.3. The summed E-state index contributed by atoms with van der Waals surface area (Å²) in [5.41, 5.74) is 3.66. The maximum absolute atomic E-state index is 13.5. The number of aromatic nitrogens is 3. The Morgan fingerprint density at radius 2 is 2.08 bits per heavy atom. The van der Waals surface area contributed by atoms with Gasteiger partial charge in [-0.1, -0.05) is 0 Å². The van der Waals surface area contributed by atoms with Crippen LogP contribution in [0.1, 0.15) is 22.6 Å². The van der Waals surface area contributed by atoms with Crippen molar-refractivity contribution in [3.63, 3.8) is 0 Å². The standard InChI is InChI=1S/C16H17FN4O2S/c1-9-16(10(2)20-19-9)24(22,23)21-6-5-12-13-7-11(17)3-4-14(13)18-15(12)8-21/h3-4,7,18H,5-6,8H2,1-2H3,(H,19,20). The van der Waals surface area contributed by atoms with Gasteiger partial charge in [-0.2, -0.15) is 9.40 Å². The minimum absolute atomic E-state index is 0.244. The number of nitrogens with zero attached hydrogens (tertiary/aromatic N) is 2. The molecule has 0 saturated heterocycles. The Morgan fingerprint density at radius 1 is 1.29 bits per heavy atom. The molecule has 0 fully saturated rings.